The van der Waals surface area contributed by atoms with E-state index in [0.29, 0.717) is 19.5 Å². The maximum Gasteiger partial charge on any atom is 0.221 e. The smallest absolute Gasteiger partial charge is 0.221 e. The summed E-state index contributed by atoms with van der Waals surface area (Å²) in [6.07, 6.45) is 1.42. The standard InChI is InChI=1S/C17H30N4OS/c1-5-10-19-15(22)9-11-20-16(18-6-2)21-13-17(3,4)14-8-7-12-23-14/h7-8,12H,5-6,9-11,13H2,1-4H3,(H,19,22)(H2,18,20,21). The Bertz CT molecular complexity index is 483. The predicted molar refractivity (Wildman–Crippen MR) is 99.2 cm³/mol. The highest BCUT2D eigenvalue weighted by Crippen LogP contribution is 2.27. The number of carbonyl (C=O) groups excluding carboxylic acids is 1. The third-order valence-electron chi connectivity index (χ3n) is 3.38. The van der Waals surface area contributed by atoms with Crippen LogP contribution in [0.2, 0.25) is 0 Å². The van der Waals surface area contributed by atoms with Gasteiger partial charge in [-0.2, -0.15) is 0 Å². The number of hydrogen-bond acceptors (Lipinski definition) is 3. The molecule has 0 saturated carbocycles. The van der Waals surface area contributed by atoms with Crippen LogP contribution in [0.4, 0.5) is 0 Å². The molecule has 5 nitrogen and oxygen atoms in total. The van der Waals surface area contributed by atoms with Gasteiger partial charge in [-0.1, -0.05) is 26.8 Å². The van der Waals surface area contributed by atoms with Crippen molar-refractivity contribution >= 4 is 23.2 Å². The summed E-state index contributed by atoms with van der Waals surface area (Å²) in [5, 5.41) is 11.4. The minimum Gasteiger partial charge on any atom is -0.357 e. The lowest BCUT2D eigenvalue weighted by Gasteiger charge is -2.21. The maximum absolute atomic E-state index is 11.6. The molecule has 0 unspecified atom stereocenters. The van der Waals surface area contributed by atoms with Crippen molar-refractivity contribution in [2.75, 3.05) is 26.2 Å². The van der Waals surface area contributed by atoms with Crippen molar-refractivity contribution in [3.8, 4) is 0 Å². The van der Waals surface area contributed by atoms with Gasteiger partial charge >= 0.3 is 0 Å². The van der Waals surface area contributed by atoms with E-state index in [-0.39, 0.29) is 11.3 Å². The molecule has 130 valence electrons. The monoisotopic (exact) mass is 338 g/mol. The summed E-state index contributed by atoms with van der Waals surface area (Å²) in [5.74, 6) is 0.842. The zero-order valence-electron chi connectivity index (χ0n) is 14.7. The molecule has 23 heavy (non-hydrogen) atoms. The first-order valence-corrected chi connectivity index (χ1v) is 9.20. The molecular weight excluding hydrogens is 308 g/mol. The first kappa shape index (κ1) is 19.5. The molecule has 1 amide bonds. The van der Waals surface area contributed by atoms with Gasteiger partial charge in [-0.15, -0.1) is 11.3 Å². The Balaban J connectivity index is 2.48. The van der Waals surface area contributed by atoms with Crippen molar-refractivity contribution in [1.82, 2.24) is 16.0 Å². The van der Waals surface area contributed by atoms with Gasteiger partial charge in [0.1, 0.15) is 0 Å². The third-order valence-corrected chi connectivity index (χ3v) is 4.62. The lowest BCUT2D eigenvalue weighted by molar-refractivity contribution is -0.120. The summed E-state index contributed by atoms with van der Waals surface area (Å²) >= 11 is 1.76. The van der Waals surface area contributed by atoms with E-state index in [9.17, 15) is 4.79 Å². The summed E-state index contributed by atoms with van der Waals surface area (Å²) in [7, 11) is 0. The molecule has 0 aliphatic rings. The van der Waals surface area contributed by atoms with Crippen LogP contribution in [-0.4, -0.2) is 38.0 Å². The molecule has 0 aliphatic heterocycles. The zero-order chi connectivity index (χ0) is 17.1. The van der Waals surface area contributed by atoms with Gasteiger partial charge in [0.05, 0.1) is 6.54 Å². The molecule has 1 aromatic rings. The van der Waals surface area contributed by atoms with Gasteiger partial charge in [-0.05, 0) is 24.8 Å². The van der Waals surface area contributed by atoms with Gasteiger partial charge in [-0.3, -0.25) is 9.79 Å². The van der Waals surface area contributed by atoms with Gasteiger partial charge in [0.15, 0.2) is 5.96 Å². The first-order valence-electron chi connectivity index (χ1n) is 8.32. The molecule has 0 fully saturated rings. The second-order valence-corrected chi connectivity index (χ2v) is 7.03. The van der Waals surface area contributed by atoms with E-state index in [1.54, 1.807) is 11.3 Å². The Hall–Kier alpha value is -1.56. The zero-order valence-corrected chi connectivity index (χ0v) is 15.6. The van der Waals surface area contributed by atoms with Crippen LogP contribution in [-0.2, 0) is 10.2 Å². The number of carbonyl (C=O) groups is 1. The highest BCUT2D eigenvalue weighted by molar-refractivity contribution is 7.10. The molecule has 1 aromatic heterocycles. The minimum absolute atomic E-state index is 0.00895. The largest absolute Gasteiger partial charge is 0.357 e. The summed E-state index contributed by atoms with van der Waals surface area (Å²) in [6.45, 7) is 11.3. The van der Waals surface area contributed by atoms with Gasteiger partial charge in [-0.25, -0.2) is 0 Å². The van der Waals surface area contributed by atoms with E-state index < -0.39 is 0 Å². The molecule has 0 atom stereocenters. The fourth-order valence-corrected chi connectivity index (χ4v) is 2.85. The van der Waals surface area contributed by atoms with Crippen LogP contribution in [0.3, 0.4) is 0 Å². The van der Waals surface area contributed by atoms with E-state index >= 15 is 0 Å². The Morgan fingerprint density at radius 2 is 2.00 bits per heavy atom. The fourth-order valence-electron chi connectivity index (χ4n) is 2.01. The highest BCUT2D eigenvalue weighted by atomic mass is 32.1. The maximum atomic E-state index is 11.6. The Kier molecular flexibility index (Phi) is 8.69. The van der Waals surface area contributed by atoms with Crippen molar-refractivity contribution in [3.05, 3.63) is 22.4 Å². The summed E-state index contributed by atoms with van der Waals surface area (Å²) in [4.78, 5) is 17.6. The van der Waals surface area contributed by atoms with E-state index in [0.717, 1.165) is 25.5 Å². The summed E-state index contributed by atoms with van der Waals surface area (Å²) in [6, 6.07) is 4.22. The molecule has 1 rings (SSSR count). The van der Waals surface area contributed by atoms with Crippen LogP contribution in [0.25, 0.3) is 0 Å². The number of amides is 1. The lowest BCUT2D eigenvalue weighted by atomic mass is 9.92. The van der Waals surface area contributed by atoms with Crippen LogP contribution in [0.15, 0.2) is 22.5 Å². The number of hydrogen-bond donors (Lipinski definition) is 3. The van der Waals surface area contributed by atoms with Crippen molar-refractivity contribution in [1.29, 1.82) is 0 Å². The molecular formula is C17H30N4OS. The van der Waals surface area contributed by atoms with Crippen molar-refractivity contribution in [2.45, 2.75) is 46.0 Å². The van der Waals surface area contributed by atoms with Gasteiger partial charge in [0.25, 0.3) is 0 Å². The molecule has 0 spiro atoms. The third kappa shape index (κ3) is 7.50. The topological polar surface area (TPSA) is 65.5 Å². The molecule has 0 aromatic carbocycles. The number of thiophene rings is 1. The summed E-state index contributed by atoms with van der Waals surface area (Å²) in [5.41, 5.74) is 0.00895. The Morgan fingerprint density at radius 1 is 1.22 bits per heavy atom. The van der Waals surface area contributed by atoms with Crippen LogP contribution in [0.1, 0.15) is 45.4 Å². The lowest BCUT2D eigenvalue weighted by Crippen LogP contribution is -2.40. The van der Waals surface area contributed by atoms with E-state index in [1.165, 1.54) is 4.88 Å². The quantitative estimate of drug-likeness (QED) is 0.479. The summed E-state index contributed by atoms with van der Waals surface area (Å²) < 4.78 is 0. The highest BCUT2D eigenvalue weighted by Gasteiger charge is 2.21. The second kappa shape index (κ2) is 10.3. The molecule has 0 radical (unpaired) electrons. The number of guanidine groups is 1. The van der Waals surface area contributed by atoms with Gasteiger partial charge < -0.3 is 16.0 Å². The van der Waals surface area contributed by atoms with Crippen LogP contribution >= 0.6 is 11.3 Å². The van der Waals surface area contributed by atoms with Gasteiger partial charge in [0, 0.05) is 36.3 Å². The minimum atomic E-state index is 0.00895. The second-order valence-electron chi connectivity index (χ2n) is 6.08. The molecule has 0 bridgehead atoms. The predicted octanol–water partition coefficient (Wildman–Crippen LogP) is 2.50. The molecule has 1 heterocycles. The Labute approximate surface area is 144 Å². The van der Waals surface area contributed by atoms with Crippen molar-refractivity contribution < 1.29 is 4.79 Å². The molecule has 0 saturated heterocycles. The SMILES string of the molecule is CCCNC(=O)CCNC(=NCC(C)(C)c1cccs1)NCC. The van der Waals surface area contributed by atoms with Crippen LogP contribution in [0, 0.1) is 0 Å². The average molecular weight is 339 g/mol. The Morgan fingerprint density at radius 3 is 2.61 bits per heavy atom. The first-order chi connectivity index (χ1) is 11.0. The fraction of sp³-hybridized carbons (Fsp3) is 0.647. The van der Waals surface area contributed by atoms with Crippen molar-refractivity contribution in [3.63, 3.8) is 0 Å². The van der Waals surface area contributed by atoms with Gasteiger partial charge in [0.2, 0.25) is 5.91 Å². The molecule has 3 N–H and O–H groups in total. The number of nitrogens with zero attached hydrogens (tertiary/aromatic N) is 1. The average Bonchev–Trinajstić information content (AvgIpc) is 3.06. The van der Waals surface area contributed by atoms with E-state index in [1.807, 2.05) is 13.8 Å². The number of aliphatic imine (C=N–C) groups is 1. The van der Waals surface area contributed by atoms with E-state index in [4.69, 9.17) is 0 Å². The normalized spacial score (nSPS) is 12.1. The number of nitrogens with one attached hydrogen (secondary N) is 3. The molecule has 6 heteroatoms. The molecule has 0 aliphatic carbocycles. The van der Waals surface area contributed by atoms with Crippen LogP contribution in [0.5, 0.6) is 0 Å². The van der Waals surface area contributed by atoms with Crippen LogP contribution < -0.4 is 16.0 Å². The van der Waals surface area contributed by atoms with E-state index in [2.05, 4.69) is 52.3 Å². The number of rotatable bonds is 9. The van der Waals surface area contributed by atoms with Crippen molar-refractivity contribution in [2.24, 2.45) is 4.99 Å².